The topological polar surface area (TPSA) is 79.5 Å². The molecule has 0 unspecified atom stereocenters. The van der Waals surface area contributed by atoms with Crippen molar-refractivity contribution in [1.82, 2.24) is 10.6 Å². The SMILES string of the molecule is CCCCOc1cccc(NCC(=O)NC(=O)NCC)c1. The summed E-state index contributed by atoms with van der Waals surface area (Å²) in [7, 11) is 0. The van der Waals surface area contributed by atoms with Crippen molar-refractivity contribution in [3.63, 3.8) is 0 Å². The quantitative estimate of drug-likeness (QED) is 0.641. The van der Waals surface area contributed by atoms with Crippen LogP contribution in [-0.4, -0.2) is 31.6 Å². The first-order valence-corrected chi connectivity index (χ1v) is 7.20. The van der Waals surface area contributed by atoms with Crippen LogP contribution in [0.15, 0.2) is 24.3 Å². The molecule has 1 aromatic rings. The van der Waals surface area contributed by atoms with Crippen LogP contribution in [0.2, 0.25) is 0 Å². The average molecular weight is 293 g/mol. The van der Waals surface area contributed by atoms with Gasteiger partial charge >= 0.3 is 6.03 Å². The normalized spacial score (nSPS) is 9.81. The van der Waals surface area contributed by atoms with Gasteiger partial charge < -0.3 is 15.4 Å². The molecule has 0 aromatic heterocycles. The second-order valence-electron chi connectivity index (χ2n) is 4.49. The minimum Gasteiger partial charge on any atom is -0.494 e. The predicted molar refractivity (Wildman–Crippen MR) is 82.6 cm³/mol. The largest absolute Gasteiger partial charge is 0.494 e. The minimum absolute atomic E-state index is 0.0234. The van der Waals surface area contributed by atoms with Gasteiger partial charge in [-0.25, -0.2) is 4.79 Å². The van der Waals surface area contributed by atoms with Gasteiger partial charge in [0.05, 0.1) is 13.2 Å². The summed E-state index contributed by atoms with van der Waals surface area (Å²) in [4.78, 5) is 22.7. The smallest absolute Gasteiger partial charge is 0.321 e. The molecule has 3 amide bonds. The number of amides is 3. The third kappa shape index (κ3) is 7.20. The van der Waals surface area contributed by atoms with Crippen molar-refractivity contribution >= 4 is 17.6 Å². The van der Waals surface area contributed by atoms with E-state index in [0.717, 1.165) is 24.3 Å². The summed E-state index contributed by atoms with van der Waals surface area (Å²) in [6.07, 6.45) is 2.09. The fourth-order valence-electron chi connectivity index (χ4n) is 1.59. The lowest BCUT2D eigenvalue weighted by Gasteiger charge is -2.10. The molecule has 116 valence electrons. The van der Waals surface area contributed by atoms with Gasteiger partial charge in [-0.3, -0.25) is 10.1 Å². The highest BCUT2D eigenvalue weighted by molar-refractivity contribution is 5.96. The Labute approximate surface area is 125 Å². The molecule has 3 N–H and O–H groups in total. The van der Waals surface area contributed by atoms with Gasteiger partial charge in [0, 0.05) is 18.3 Å². The lowest BCUT2D eigenvalue weighted by atomic mass is 10.3. The van der Waals surface area contributed by atoms with Crippen molar-refractivity contribution in [3.8, 4) is 5.75 Å². The highest BCUT2D eigenvalue weighted by Gasteiger charge is 2.06. The maximum Gasteiger partial charge on any atom is 0.321 e. The van der Waals surface area contributed by atoms with Gasteiger partial charge in [0.25, 0.3) is 0 Å². The predicted octanol–water partition coefficient (Wildman–Crippen LogP) is 2.12. The molecule has 0 atom stereocenters. The number of imide groups is 1. The number of hydrogen-bond donors (Lipinski definition) is 3. The molecule has 1 rings (SSSR count). The molecule has 0 spiro atoms. The Morgan fingerprint density at radius 3 is 2.76 bits per heavy atom. The van der Waals surface area contributed by atoms with E-state index in [1.165, 1.54) is 0 Å². The zero-order valence-electron chi connectivity index (χ0n) is 12.6. The van der Waals surface area contributed by atoms with Gasteiger partial charge in [-0.05, 0) is 25.5 Å². The maximum atomic E-state index is 11.5. The molecule has 21 heavy (non-hydrogen) atoms. The molecular weight excluding hydrogens is 270 g/mol. The number of rotatable bonds is 8. The molecule has 0 aliphatic carbocycles. The van der Waals surface area contributed by atoms with Crippen LogP contribution in [0, 0.1) is 0 Å². The molecule has 0 bridgehead atoms. The molecule has 0 saturated heterocycles. The number of carbonyl (C=O) groups is 2. The monoisotopic (exact) mass is 293 g/mol. The van der Waals surface area contributed by atoms with Crippen molar-refractivity contribution < 1.29 is 14.3 Å². The molecule has 1 aromatic carbocycles. The first-order chi connectivity index (χ1) is 10.2. The lowest BCUT2D eigenvalue weighted by Crippen LogP contribution is -2.41. The van der Waals surface area contributed by atoms with E-state index in [0.29, 0.717) is 13.2 Å². The molecule has 0 saturated carbocycles. The van der Waals surface area contributed by atoms with Crippen molar-refractivity contribution in [2.45, 2.75) is 26.7 Å². The van der Waals surface area contributed by atoms with E-state index in [-0.39, 0.29) is 6.54 Å². The van der Waals surface area contributed by atoms with Crippen LogP contribution < -0.4 is 20.7 Å². The Morgan fingerprint density at radius 2 is 2.05 bits per heavy atom. The van der Waals surface area contributed by atoms with Gasteiger partial charge in [0.1, 0.15) is 5.75 Å². The summed E-state index contributed by atoms with van der Waals surface area (Å²) in [6, 6.07) is 6.91. The van der Waals surface area contributed by atoms with E-state index in [1.54, 1.807) is 6.92 Å². The van der Waals surface area contributed by atoms with Gasteiger partial charge in [0.15, 0.2) is 0 Å². The Morgan fingerprint density at radius 1 is 1.24 bits per heavy atom. The lowest BCUT2D eigenvalue weighted by molar-refractivity contribution is -0.118. The van der Waals surface area contributed by atoms with E-state index in [1.807, 2.05) is 24.3 Å². The van der Waals surface area contributed by atoms with Crippen LogP contribution in [0.25, 0.3) is 0 Å². The molecule has 6 nitrogen and oxygen atoms in total. The summed E-state index contributed by atoms with van der Waals surface area (Å²) in [5.41, 5.74) is 0.773. The number of urea groups is 1. The van der Waals surface area contributed by atoms with Crippen LogP contribution >= 0.6 is 0 Å². The van der Waals surface area contributed by atoms with E-state index in [9.17, 15) is 9.59 Å². The van der Waals surface area contributed by atoms with E-state index < -0.39 is 11.9 Å². The van der Waals surface area contributed by atoms with E-state index in [4.69, 9.17) is 4.74 Å². The summed E-state index contributed by atoms with van der Waals surface area (Å²) in [5, 5.41) is 7.67. The summed E-state index contributed by atoms with van der Waals surface area (Å²) >= 11 is 0. The van der Waals surface area contributed by atoms with Crippen molar-refractivity contribution in [2.75, 3.05) is 25.0 Å². The molecule has 0 radical (unpaired) electrons. The van der Waals surface area contributed by atoms with Crippen LogP contribution in [-0.2, 0) is 4.79 Å². The molecule has 0 aliphatic rings. The van der Waals surface area contributed by atoms with Gasteiger partial charge in [-0.15, -0.1) is 0 Å². The van der Waals surface area contributed by atoms with Gasteiger partial charge in [-0.2, -0.15) is 0 Å². The van der Waals surface area contributed by atoms with Crippen LogP contribution in [0.3, 0.4) is 0 Å². The highest BCUT2D eigenvalue weighted by Crippen LogP contribution is 2.17. The van der Waals surface area contributed by atoms with Crippen LogP contribution in [0.1, 0.15) is 26.7 Å². The third-order valence-corrected chi connectivity index (χ3v) is 2.64. The molecular formula is C15H23N3O3. The standard InChI is InChI=1S/C15H23N3O3/c1-3-5-9-21-13-8-6-7-12(10-13)17-11-14(19)18-15(20)16-4-2/h6-8,10,17H,3-5,9,11H2,1-2H3,(H2,16,18,19,20). The summed E-state index contributed by atoms with van der Waals surface area (Å²) in [6.45, 7) is 5.07. The van der Waals surface area contributed by atoms with Crippen molar-refractivity contribution in [1.29, 1.82) is 0 Å². The number of unbranched alkanes of at least 4 members (excludes halogenated alkanes) is 1. The number of anilines is 1. The Hall–Kier alpha value is -2.24. The zero-order chi connectivity index (χ0) is 15.5. The average Bonchev–Trinajstić information content (AvgIpc) is 2.46. The molecule has 6 heteroatoms. The number of hydrogen-bond acceptors (Lipinski definition) is 4. The second-order valence-corrected chi connectivity index (χ2v) is 4.49. The van der Waals surface area contributed by atoms with Gasteiger partial charge in [-0.1, -0.05) is 19.4 Å². The molecule has 0 fully saturated rings. The summed E-state index contributed by atoms with van der Waals surface area (Å²) < 4.78 is 5.59. The minimum atomic E-state index is -0.485. The zero-order valence-corrected chi connectivity index (χ0v) is 12.6. The van der Waals surface area contributed by atoms with Crippen LogP contribution in [0.5, 0.6) is 5.75 Å². The highest BCUT2D eigenvalue weighted by atomic mass is 16.5. The third-order valence-electron chi connectivity index (χ3n) is 2.64. The maximum absolute atomic E-state index is 11.5. The van der Waals surface area contributed by atoms with Gasteiger partial charge in [0.2, 0.25) is 5.91 Å². The Balaban J connectivity index is 2.39. The number of nitrogens with one attached hydrogen (secondary N) is 3. The summed E-state index contributed by atoms with van der Waals surface area (Å²) in [5.74, 6) is 0.371. The Bertz CT molecular complexity index is 463. The fraction of sp³-hybridized carbons (Fsp3) is 0.467. The fourth-order valence-corrected chi connectivity index (χ4v) is 1.59. The van der Waals surface area contributed by atoms with Crippen molar-refractivity contribution in [3.05, 3.63) is 24.3 Å². The first-order valence-electron chi connectivity index (χ1n) is 7.20. The second kappa shape index (κ2) is 9.63. The molecule has 0 heterocycles. The Kier molecular flexibility index (Phi) is 7.71. The molecule has 0 aliphatic heterocycles. The van der Waals surface area contributed by atoms with E-state index in [2.05, 4.69) is 22.9 Å². The van der Waals surface area contributed by atoms with Crippen molar-refractivity contribution in [2.24, 2.45) is 0 Å². The first kappa shape index (κ1) is 16.8. The number of benzene rings is 1. The van der Waals surface area contributed by atoms with Crippen LogP contribution in [0.4, 0.5) is 10.5 Å². The number of ether oxygens (including phenoxy) is 1. The van der Waals surface area contributed by atoms with E-state index >= 15 is 0 Å². The number of carbonyl (C=O) groups excluding carboxylic acids is 2.